The monoisotopic (exact) mass is 594 g/mol. The fraction of sp³-hybridized carbons (Fsp3) is 0.355. The molecule has 0 heterocycles. The van der Waals surface area contributed by atoms with Crippen LogP contribution in [-0.4, -0.2) is 55.4 Å². The number of hydrogen-bond donors (Lipinski definition) is 1. The minimum absolute atomic E-state index is 0.0302. The van der Waals surface area contributed by atoms with E-state index in [0.717, 1.165) is 46.2 Å². The van der Waals surface area contributed by atoms with Gasteiger partial charge in [0.05, 0.1) is 16.9 Å². The van der Waals surface area contributed by atoms with Gasteiger partial charge in [-0.25, -0.2) is 8.42 Å². The molecule has 2 amide bonds. The van der Waals surface area contributed by atoms with Crippen LogP contribution in [0.5, 0.6) is 0 Å². The van der Waals surface area contributed by atoms with Gasteiger partial charge >= 0.3 is 0 Å². The van der Waals surface area contributed by atoms with Crippen LogP contribution < -0.4 is 9.62 Å². The number of carbonyl (C=O) groups is 2. The Hall–Kier alpha value is -4.25. The second kappa shape index (κ2) is 14.6. The van der Waals surface area contributed by atoms with E-state index < -0.39 is 33.4 Å². The van der Waals surface area contributed by atoms with Crippen molar-refractivity contribution in [2.75, 3.05) is 23.7 Å². The molecule has 1 unspecified atom stereocenters. The molecule has 0 radical (unpaired) electrons. The van der Waals surface area contributed by atoms with E-state index in [4.69, 9.17) is 0 Å². The maximum absolute atomic E-state index is 14.2. The van der Waals surface area contributed by atoms with Gasteiger partial charge in [-0.1, -0.05) is 79.6 Å². The number of amides is 2. The molecule has 0 aliphatic rings. The standard InChI is InChI=1S/C31H38N4O6S/c1-5-6-17-32-31(37)29(19-25-12-8-7-9-13-25)33(21-26-14-10-11-23(2)18-26)30(36)22-34(42(4,40)41)28-20-27(35(38)39)16-15-24(28)3/h7-16,18,20,29H,5-6,17,19,21-22H2,1-4H3,(H,32,37). The van der Waals surface area contributed by atoms with Crippen LogP contribution in [0.15, 0.2) is 72.8 Å². The molecule has 3 aromatic rings. The van der Waals surface area contributed by atoms with Crippen LogP contribution >= 0.6 is 0 Å². The minimum Gasteiger partial charge on any atom is -0.354 e. The fourth-order valence-corrected chi connectivity index (χ4v) is 5.54. The van der Waals surface area contributed by atoms with Gasteiger partial charge in [-0.05, 0) is 37.0 Å². The number of nitro groups is 1. The summed E-state index contributed by atoms with van der Waals surface area (Å²) in [6, 6.07) is 19.8. The molecule has 0 aromatic heterocycles. The number of sulfonamides is 1. The van der Waals surface area contributed by atoms with Crippen LogP contribution in [-0.2, 0) is 32.6 Å². The van der Waals surface area contributed by atoms with Crippen molar-refractivity contribution in [1.29, 1.82) is 0 Å². The normalized spacial score (nSPS) is 11.9. The number of aryl methyl sites for hydroxylation is 2. The molecule has 3 aromatic carbocycles. The largest absolute Gasteiger partial charge is 0.354 e. The Balaban J connectivity index is 2.09. The second-order valence-corrected chi connectivity index (χ2v) is 12.3. The summed E-state index contributed by atoms with van der Waals surface area (Å²) in [5.41, 5.74) is 2.76. The highest BCUT2D eigenvalue weighted by molar-refractivity contribution is 7.92. The van der Waals surface area contributed by atoms with Gasteiger partial charge in [-0.15, -0.1) is 0 Å². The quantitative estimate of drug-likeness (QED) is 0.166. The van der Waals surface area contributed by atoms with E-state index in [0.29, 0.717) is 12.1 Å². The number of carbonyl (C=O) groups excluding carboxylic acids is 2. The Morgan fingerprint density at radius 3 is 2.29 bits per heavy atom. The van der Waals surface area contributed by atoms with Crippen molar-refractivity contribution in [3.63, 3.8) is 0 Å². The van der Waals surface area contributed by atoms with Crippen molar-refractivity contribution in [1.82, 2.24) is 10.2 Å². The van der Waals surface area contributed by atoms with Crippen LogP contribution in [0.2, 0.25) is 0 Å². The SMILES string of the molecule is CCCCNC(=O)C(Cc1ccccc1)N(Cc1cccc(C)c1)C(=O)CN(c1cc([N+](=O)[O-])ccc1C)S(C)(=O)=O. The van der Waals surface area contributed by atoms with Crippen molar-refractivity contribution in [3.05, 3.63) is 105 Å². The number of nitrogens with one attached hydrogen (secondary N) is 1. The summed E-state index contributed by atoms with van der Waals surface area (Å²) >= 11 is 0. The van der Waals surface area contributed by atoms with E-state index in [1.807, 2.05) is 68.4 Å². The lowest BCUT2D eigenvalue weighted by molar-refractivity contribution is -0.384. The molecule has 0 saturated carbocycles. The summed E-state index contributed by atoms with van der Waals surface area (Å²) in [6.45, 7) is 5.41. The molecule has 10 nitrogen and oxygen atoms in total. The summed E-state index contributed by atoms with van der Waals surface area (Å²) in [5, 5.41) is 14.4. The lowest BCUT2D eigenvalue weighted by Gasteiger charge is -2.33. The Kier molecular flexibility index (Phi) is 11.2. The fourth-order valence-electron chi connectivity index (χ4n) is 4.64. The van der Waals surface area contributed by atoms with Gasteiger partial charge in [-0.2, -0.15) is 0 Å². The van der Waals surface area contributed by atoms with Crippen molar-refractivity contribution in [2.45, 2.75) is 52.6 Å². The van der Waals surface area contributed by atoms with Crippen LogP contribution in [0.1, 0.15) is 42.0 Å². The third-order valence-corrected chi connectivity index (χ3v) is 8.01. The maximum atomic E-state index is 14.2. The van der Waals surface area contributed by atoms with Gasteiger partial charge < -0.3 is 10.2 Å². The van der Waals surface area contributed by atoms with Crippen molar-refractivity contribution >= 4 is 33.2 Å². The predicted octanol–water partition coefficient (Wildman–Crippen LogP) is 4.53. The number of rotatable bonds is 14. The highest BCUT2D eigenvalue weighted by Crippen LogP contribution is 2.28. The first-order chi connectivity index (χ1) is 19.9. The van der Waals surface area contributed by atoms with E-state index in [-0.39, 0.29) is 30.2 Å². The minimum atomic E-state index is -4.05. The lowest BCUT2D eigenvalue weighted by atomic mass is 10.0. The highest BCUT2D eigenvalue weighted by atomic mass is 32.2. The molecule has 0 aliphatic carbocycles. The molecule has 11 heteroatoms. The Morgan fingerprint density at radius 2 is 1.67 bits per heavy atom. The molecule has 0 aliphatic heterocycles. The second-order valence-electron chi connectivity index (χ2n) is 10.4. The molecule has 0 bridgehead atoms. The zero-order valence-corrected chi connectivity index (χ0v) is 25.3. The topological polar surface area (TPSA) is 130 Å². The Morgan fingerprint density at radius 1 is 0.976 bits per heavy atom. The molecular weight excluding hydrogens is 556 g/mol. The smallest absolute Gasteiger partial charge is 0.271 e. The molecule has 42 heavy (non-hydrogen) atoms. The number of benzene rings is 3. The van der Waals surface area contributed by atoms with E-state index in [1.165, 1.54) is 17.0 Å². The first-order valence-electron chi connectivity index (χ1n) is 13.8. The van der Waals surface area contributed by atoms with Crippen LogP contribution in [0.25, 0.3) is 0 Å². The zero-order valence-electron chi connectivity index (χ0n) is 24.4. The molecule has 224 valence electrons. The van der Waals surface area contributed by atoms with Gasteiger partial charge in [0.25, 0.3) is 5.69 Å². The first-order valence-corrected chi connectivity index (χ1v) is 15.6. The highest BCUT2D eigenvalue weighted by Gasteiger charge is 2.33. The molecule has 3 rings (SSSR count). The predicted molar refractivity (Wildman–Crippen MR) is 164 cm³/mol. The van der Waals surface area contributed by atoms with Crippen molar-refractivity contribution in [3.8, 4) is 0 Å². The molecular formula is C31H38N4O6S. The van der Waals surface area contributed by atoms with E-state index in [2.05, 4.69) is 5.32 Å². The number of hydrogen-bond acceptors (Lipinski definition) is 6. The van der Waals surface area contributed by atoms with Crippen LogP contribution in [0, 0.1) is 24.0 Å². The van der Waals surface area contributed by atoms with Crippen molar-refractivity contribution < 1.29 is 22.9 Å². The van der Waals surface area contributed by atoms with E-state index in [9.17, 15) is 28.1 Å². The van der Waals surface area contributed by atoms with Gasteiger partial charge in [0.15, 0.2) is 0 Å². The Labute approximate surface area is 247 Å². The lowest BCUT2D eigenvalue weighted by Crippen LogP contribution is -2.53. The summed E-state index contributed by atoms with van der Waals surface area (Å²) in [5.74, 6) is -0.954. The van der Waals surface area contributed by atoms with Gasteiger partial charge in [0, 0.05) is 31.6 Å². The van der Waals surface area contributed by atoms with E-state index in [1.54, 1.807) is 6.92 Å². The third-order valence-electron chi connectivity index (χ3n) is 6.89. The number of non-ortho nitro benzene ring substituents is 1. The number of anilines is 1. The molecule has 0 saturated heterocycles. The zero-order chi connectivity index (χ0) is 30.9. The van der Waals surface area contributed by atoms with Gasteiger partial charge in [-0.3, -0.25) is 24.0 Å². The third kappa shape index (κ3) is 8.87. The van der Waals surface area contributed by atoms with E-state index >= 15 is 0 Å². The van der Waals surface area contributed by atoms with Gasteiger partial charge in [0.2, 0.25) is 21.8 Å². The summed E-state index contributed by atoms with van der Waals surface area (Å²) < 4.78 is 26.9. The summed E-state index contributed by atoms with van der Waals surface area (Å²) in [7, 11) is -4.05. The summed E-state index contributed by atoms with van der Waals surface area (Å²) in [6.07, 6.45) is 2.80. The van der Waals surface area contributed by atoms with Crippen LogP contribution in [0.4, 0.5) is 11.4 Å². The maximum Gasteiger partial charge on any atom is 0.271 e. The van der Waals surface area contributed by atoms with Gasteiger partial charge in [0.1, 0.15) is 12.6 Å². The first kappa shape index (κ1) is 32.3. The average Bonchev–Trinajstić information content (AvgIpc) is 2.94. The van der Waals surface area contributed by atoms with Crippen LogP contribution in [0.3, 0.4) is 0 Å². The number of unbranched alkanes of at least 4 members (excludes halogenated alkanes) is 1. The number of nitro benzene ring substituents is 1. The summed E-state index contributed by atoms with van der Waals surface area (Å²) in [4.78, 5) is 40.1. The molecule has 0 fully saturated rings. The Bertz CT molecular complexity index is 1510. The molecule has 1 atom stereocenters. The molecule has 1 N–H and O–H groups in total. The number of nitrogens with zero attached hydrogens (tertiary/aromatic N) is 3. The van der Waals surface area contributed by atoms with Crippen molar-refractivity contribution in [2.24, 2.45) is 0 Å². The average molecular weight is 595 g/mol. The molecule has 0 spiro atoms.